The van der Waals surface area contributed by atoms with E-state index in [1.165, 1.54) is 0 Å². The van der Waals surface area contributed by atoms with Crippen molar-refractivity contribution in [2.24, 2.45) is 0 Å². The lowest BCUT2D eigenvalue weighted by molar-refractivity contribution is 0.171. The van der Waals surface area contributed by atoms with Crippen LogP contribution in [-0.2, 0) is 6.42 Å². The number of nitrogens with zero attached hydrogens (tertiary/aromatic N) is 3. The quantitative estimate of drug-likeness (QED) is 0.434. The second kappa shape index (κ2) is 8.29. The predicted molar refractivity (Wildman–Crippen MR) is 120 cm³/mol. The maximum Gasteiger partial charge on any atom is 0.326 e. The van der Waals surface area contributed by atoms with E-state index >= 15 is 0 Å². The minimum absolute atomic E-state index is 0.0330. The smallest absolute Gasteiger partial charge is 0.326 e. The van der Waals surface area contributed by atoms with Gasteiger partial charge in [0.15, 0.2) is 0 Å². The van der Waals surface area contributed by atoms with Crippen molar-refractivity contribution in [3.05, 3.63) is 64.8 Å². The normalized spacial score (nSPS) is 15.0. The zero-order chi connectivity index (χ0) is 21.2. The summed E-state index contributed by atoms with van der Waals surface area (Å²) in [4.78, 5) is 37.6. The highest BCUT2D eigenvalue weighted by Gasteiger charge is 2.25. The first-order valence-corrected chi connectivity index (χ1v) is 10.8. The van der Waals surface area contributed by atoms with E-state index in [9.17, 15) is 9.59 Å². The third-order valence-electron chi connectivity index (χ3n) is 6.05. The van der Waals surface area contributed by atoms with Crippen LogP contribution < -0.4 is 11.0 Å². The second-order valence-electron chi connectivity index (χ2n) is 8.07. The lowest BCUT2D eigenvalue weighted by Crippen LogP contribution is -2.45. The first-order chi connectivity index (χ1) is 15.2. The van der Waals surface area contributed by atoms with Crippen LogP contribution in [0.25, 0.3) is 22.1 Å². The van der Waals surface area contributed by atoms with Crippen LogP contribution in [-0.4, -0.2) is 50.1 Å². The zero-order valence-electron chi connectivity index (χ0n) is 17.3. The van der Waals surface area contributed by atoms with E-state index in [-0.39, 0.29) is 17.8 Å². The van der Waals surface area contributed by atoms with Crippen LogP contribution >= 0.6 is 0 Å². The van der Waals surface area contributed by atoms with E-state index in [1.807, 2.05) is 58.0 Å². The average Bonchev–Trinajstić information content (AvgIpc) is 3.36. The fraction of sp³-hybridized carbons (Fsp3) is 0.348. The Labute approximate surface area is 179 Å². The third kappa shape index (κ3) is 3.93. The summed E-state index contributed by atoms with van der Waals surface area (Å²) in [5, 5.41) is 3.02. The van der Waals surface area contributed by atoms with Gasteiger partial charge in [-0.1, -0.05) is 24.3 Å². The Kier molecular flexibility index (Phi) is 5.19. The average molecular weight is 419 g/mol. The van der Waals surface area contributed by atoms with Gasteiger partial charge in [-0.05, 0) is 43.5 Å². The molecule has 2 aromatic carbocycles. The van der Waals surface area contributed by atoms with E-state index in [1.54, 1.807) is 0 Å². The van der Waals surface area contributed by atoms with Gasteiger partial charge < -0.3 is 20.2 Å². The number of H-pyrrole nitrogens is 2. The number of likely N-dealkylation sites (tertiary alicyclic amines) is 1. The number of aromatic nitrogens is 4. The number of hydrogen-bond donors (Lipinski definition) is 3. The first-order valence-electron chi connectivity index (χ1n) is 10.8. The largest absolute Gasteiger partial charge is 0.342 e. The van der Waals surface area contributed by atoms with Crippen LogP contribution in [0, 0.1) is 0 Å². The molecule has 8 nitrogen and oxygen atoms in total. The number of hydrogen-bond acceptors (Lipinski definition) is 3. The molecule has 0 atom stereocenters. The van der Waals surface area contributed by atoms with Gasteiger partial charge in [-0.25, -0.2) is 14.6 Å². The van der Waals surface area contributed by atoms with E-state index < -0.39 is 0 Å². The zero-order valence-corrected chi connectivity index (χ0v) is 17.3. The molecular formula is C23H26N6O2. The topological polar surface area (TPSA) is 98.8 Å². The molecule has 0 unspecified atom stereocenters. The molecule has 5 rings (SSSR count). The van der Waals surface area contributed by atoms with Gasteiger partial charge in [0.2, 0.25) is 0 Å². The first kappa shape index (κ1) is 19.4. The van der Waals surface area contributed by atoms with Gasteiger partial charge in [0, 0.05) is 32.1 Å². The number of benzene rings is 2. The van der Waals surface area contributed by atoms with Gasteiger partial charge in [-0.15, -0.1) is 0 Å². The van der Waals surface area contributed by atoms with E-state index in [0.717, 1.165) is 53.6 Å². The summed E-state index contributed by atoms with van der Waals surface area (Å²) in [6.45, 7) is 1.90. The van der Waals surface area contributed by atoms with Crippen molar-refractivity contribution < 1.29 is 4.79 Å². The van der Waals surface area contributed by atoms with Gasteiger partial charge in [0.05, 0.1) is 22.1 Å². The monoisotopic (exact) mass is 418 g/mol. The van der Waals surface area contributed by atoms with E-state index in [0.29, 0.717) is 19.6 Å². The van der Waals surface area contributed by atoms with E-state index in [2.05, 4.69) is 20.3 Å². The molecule has 2 amide bonds. The molecule has 0 bridgehead atoms. The van der Waals surface area contributed by atoms with Crippen molar-refractivity contribution in [1.82, 2.24) is 29.7 Å². The number of amides is 2. The SMILES string of the molecule is O=C(NCCCc1nc2ccccc2[nH]1)N1CCC(n2c(=O)[nH]c3ccccc32)CC1. The molecule has 1 aliphatic heterocycles. The molecule has 31 heavy (non-hydrogen) atoms. The minimum Gasteiger partial charge on any atom is -0.342 e. The molecule has 8 heteroatoms. The molecule has 0 saturated carbocycles. The summed E-state index contributed by atoms with van der Waals surface area (Å²) < 4.78 is 1.85. The Morgan fingerprint density at radius 3 is 2.58 bits per heavy atom. The summed E-state index contributed by atoms with van der Waals surface area (Å²) >= 11 is 0. The van der Waals surface area contributed by atoms with E-state index in [4.69, 9.17) is 0 Å². The highest BCUT2D eigenvalue weighted by Crippen LogP contribution is 2.24. The molecule has 0 radical (unpaired) electrons. The molecule has 1 aliphatic rings. The number of para-hydroxylation sites is 4. The number of fused-ring (bicyclic) bond motifs is 2. The van der Waals surface area contributed by atoms with Crippen molar-refractivity contribution in [2.75, 3.05) is 19.6 Å². The van der Waals surface area contributed by atoms with Crippen LogP contribution in [0.15, 0.2) is 53.3 Å². The highest BCUT2D eigenvalue weighted by molar-refractivity contribution is 5.76. The number of aromatic amines is 2. The Morgan fingerprint density at radius 1 is 1.03 bits per heavy atom. The lowest BCUT2D eigenvalue weighted by Gasteiger charge is -2.32. The number of nitrogens with one attached hydrogen (secondary N) is 3. The molecule has 1 fully saturated rings. The Morgan fingerprint density at radius 2 is 1.77 bits per heavy atom. The highest BCUT2D eigenvalue weighted by atomic mass is 16.2. The molecule has 0 aliphatic carbocycles. The van der Waals surface area contributed by atoms with Crippen molar-refractivity contribution in [2.45, 2.75) is 31.7 Å². The molecule has 0 spiro atoms. The van der Waals surface area contributed by atoms with Crippen molar-refractivity contribution in [1.29, 1.82) is 0 Å². The number of carbonyl (C=O) groups is 1. The molecular weight excluding hydrogens is 392 g/mol. The Bertz CT molecular complexity index is 1230. The number of rotatable bonds is 5. The van der Waals surface area contributed by atoms with Gasteiger partial charge in [0.25, 0.3) is 0 Å². The minimum atomic E-state index is -0.0744. The predicted octanol–water partition coefficient (Wildman–Crippen LogP) is 3.19. The van der Waals surface area contributed by atoms with Crippen LogP contribution in [0.5, 0.6) is 0 Å². The van der Waals surface area contributed by atoms with Gasteiger partial charge in [-0.3, -0.25) is 4.57 Å². The molecule has 160 valence electrons. The molecule has 3 N–H and O–H groups in total. The van der Waals surface area contributed by atoms with Crippen LogP contribution in [0.1, 0.15) is 31.1 Å². The van der Waals surface area contributed by atoms with Crippen molar-refractivity contribution in [3.63, 3.8) is 0 Å². The van der Waals surface area contributed by atoms with Crippen molar-refractivity contribution >= 4 is 28.1 Å². The van der Waals surface area contributed by atoms with Crippen LogP contribution in [0.4, 0.5) is 4.79 Å². The number of carbonyl (C=O) groups excluding carboxylic acids is 1. The summed E-state index contributed by atoms with van der Waals surface area (Å²) in [7, 11) is 0. The second-order valence-corrected chi connectivity index (χ2v) is 8.07. The van der Waals surface area contributed by atoms with Gasteiger partial charge >= 0.3 is 11.7 Å². The third-order valence-corrected chi connectivity index (χ3v) is 6.05. The van der Waals surface area contributed by atoms with Crippen molar-refractivity contribution in [3.8, 4) is 0 Å². The molecule has 1 saturated heterocycles. The summed E-state index contributed by atoms with van der Waals surface area (Å²) in [6, 6.07) is 15.8. The molecule has 3 heterocycles. The maximum atomic E-state index is 12.5. The van der Waals surface area contributed by atoms with Gasteiger partial charge in [0.1, 0.15) is 5.82 Å². The standard InChI is InChI=1S/C23H26N6O2/c30-22(24-13-5-10-21-25-17-6-1-2-7-18(17)26-21)28-14-11-16(12-15-28)29-20-9-4-3-8-19(20)27-23(29)31/h1-4,6-9,16H,5,10-15H2,(H,24,30)(H,25,26)(H,27,31). The Balaban J connectivity index is 1.11. The number of piperidine rings is 1. The van der Waals surface area contributed by atoms with Gasteiger partial charge in [-0.2, -0.15) is 0 Å². The fourth-order valence-corrected chi connectivity index (χ4v) is 4.45. The Hall–Kier alpha value is -3.55. The molecule has 2 aromatic heterocycles. The summed E-state index contributed by atoms with van der Waals surface area (Å²) in [5.74, 6) is 0.945. The summed E-state index contributed by atoms with van der Waals surface area (Å²) in [5.41, 5.74) is 3.73. The number of urea groups is 1. The maximum absolute atomic E-state index is 12.5. The fourth-order valence-electron chi connectivity index (χ4n) is 4.45. The number of aryl methyl sites for hydroxylation is 1. The summed E-state index contributed by atoms with van der Waals surface area (Å²) in [6.07, 6.45) is 3.16. The lowest BCUT2D eigenvalue weighted by atomic mass is 10.0. The van der Waals surface area contributed by atoms with Crippen LogP contribution in [0.3, 0.4) is 0 Å². The van der Waals surface area contributed by atoms with Crippen LogP contribution in [0.2, 0.25) is 0 Å². The molecule has 4 aromatic rings. The number of imidazole rings is 2.